The average Bonchev–Trinajstić information content (AvgIpc) is 3.17. The molecule has 0 fully saturated rings. The molecule has 0 amide bonds. The fourth-order valence-corrected chi connectivity index (χ4v) is 4.21. The van der Waals surface area contributed by atoms with E-state index in [0.29, 0.717) is 23.7 Å². The molecule has 0 aromatic carbocycles. The van der Waals surface area contributed by atoms with Gasteiger partial charge in [-0.2, -0.15) is 0 Å². The van der Waals surface area contributed by atoms with Crippen LogP contribution in [0.5, 0.6) is 0 Å². The maximum atomic E-state index is 6.02. The molecular formula is C21H32OS. The largest absolute Gasteiger partial charge is 0.466 e. The summed E-state index contributed by atoms with van der Waals surface area (Å²) in [4.78, 5) is 3.07. The molecule has 2 aromatic rings. The maximum absolute atomic E-state index is 6.02. The van der Waals surface area contributed by atoms with Crippen LogP contribution in [0.4, 0.5) is 0 Å². The molecule has 0 aliphatic carbocycles. The number of hydrogen-bond acceptors (Lipinski definition) is 2. The number of furan rings is 1. The summed E-state index contributed by atoms with van der Waals surface area (Å²) in [5.41, 5.74) is 0. The van der Waals surface area contributed by atoms with Gasteiger partial charge in [-0.1, -0.05) is 41.5 Å². The summed E-state index contributed by atoms with van der Waals surface area (Å²) in [7, 11) is 0. The molecule has 0 N–H and O–H groups in total. The summed E-state index contributed by atoms with van der Waals surface area (Å²) in [5.74, 6) is 4.56. The van der Waals surface area contributed by atoms with Gasteiger partial charge in [-0.05, 0) is 55.4 Å². The molecule has 0 aliphatic heterocycles. The van der Waals surface area contributed by atoms with Crippen LogP contribution in [0.3, 0.4) is 0 Å². The summed E-state index contributed by atoms with van der Waals surface area (Å²) in [5, 5.41) is 0. The second kappa shape index (κ2) is 8.19. The summed E-state index contributed by atoms with van der Waals surface area (Å²) >= 11 is 2.01. The maximum Gasteiger partial charge on any atom is 0.106 e. The van der Waals surface area contributed by atoms with E-state index in [0.717, 1.165) is 11.5 Å². The van der Waals surface area contributed by atoms with Gasteiger partial charge in [-0.3, -0.25) is 0 Å². The van der Waals surface area contributed by atoms with E-state index in [-0.39, 0.29) is 0 Å². The van der Waals surface area contributed by atoms with Gasteiger partial charge in [-0.15, -0.1) is 11.3 Å². The van der Waals surface area contributed by atoms with Crippen LogP contribution in [-0.4, -0.2) is 0 Å². The minimum atomic E-state index is 0.472. The van der Waals surface area contributed by atoms with Crippen molar-refractivity contribution in [3.05, 3.63) is 45.5 Å². The molecule has 2 atom stereocenters. The van der Waals surface area contributed by atoms with Gasteiger partial charge in [0, 0.05) is 21.6 Å². The zero-order chi connectivity index (χ0) is 17.0. The Morgan fingerprint density at radius 2 is 1.48 bits per heavy atom. The van der Waals surface area contributed by atoms with Crippen molar-refractivity contribution in [2.24, 2.45) is 0 Å². The zero-order valence-electron chi connectivity index (χ0n) is 15.6. The Kier molecular flexibility index (Phi) is 6.52. The van der Waals surface area contributed by atoms with Crippen LogP contribution in [0.15, 0.2) is 28.7 Å². The van der Waals surface area contributed by atoms with E-state index in [1.807, 2.05) is 11.3 Å². The molecule has 2 heterocycles. The van der Waals surface area contributed by atoms with E-state index in [2.05, 4.69) is 65.8 Å². The molecule has 0 saturated carbocycles. The molecule has 0 radical (unpaired) electrons. The smallest absolute Gasteiger partial charge is 0.106 e. The SMILES string of the molecule is CCC(CCC(C)c1ccc(C(C)C)o1)c1ccc(C(C)C)s1. The lowest BCUT2D eigenvalue weighted by Gasteiger charge is -2.16. The van der Waals surface area contributed by atoms with Crippen molar-refractivity contribution >= 4 is 11.3 Å². The lowest BCUT2D eigenvalue weighted by Crippen LogP contribution is -1.99. The fraction of sp³-hybridized carbons (Fsp3) is 0.619. The molecule has 0 aliphatic rings. The van der Waals surface area contributed by atoms with Crippen molar-refractivity contribution in [3.63, 3.8) is 0 Å². The molecule has 1 nitrogen and oxygen atoms in total. The monoisotopic (exact) mass is 332 g/mol. The Labute approximate surface area is 146 Å². The lowest BCUT2D eigenvalue weighted by atomic mass is 9.92. The first-order valence-electron chi connectivity index (χ1n) is 9.11. The van der Waals surface area contributed by atoms with Crippen LogP contribution in [0, 0.1) is 0 Å². The van der Waals surface area contributed by atoms with Crippen molar-refractivity contribution in [3.8, 4) is 0 Å². The van der Waals surface area contributed by atoms with Crippen LogP contribution < -0.4 is 0 Å². The zero-order valence-corrected chi connectivity index (χ0v) is 16.4. The average molecular weight is 333 g/mol. The number of rotatable bonds is 8. The van der Waals surface area contributed by atoms with Gasteiger partial charge in [0.05, 0.1) is 0 Å². The molecule has 128 valence electrons. The highest BCUT2D eigenvalue weighted by atomic mass is 32.1. The molecule has 0 bridgehead atoms. The lowest BCUT2D eigenvalue weighted by molar-refractivity contribution is 0.406. The highest BCUT2D eigenvalue weighted by molar-refractivity contribution is 7.12. The van der Waals surface area contributed by atoms with Crippen molar-refractivity contribution in [1.82, 2.24) is 0 Å². The molecule has 2 unspecified atom stereocenters. The Morgan fingerprint density at radius 1 is 0.826 bits per heavy atom. The molecular weight excluding hydrogens is 300 g/mol. The second-order valence-electron chi connectivity index (χ2n) is 7.37. The van der Waals surface area contributed by atoms with Crippen LogP contribution in [0.1, 0.15) is 106 Å². The Morgan fingerprint density at radius 3 is 2.00 bits per heavy atom. The topological polar surface area (TPSA) is 13.1 Å². The van der Waals surface area contributed by atoms with Gasteiger partial charge >= 0.3 is 0 Å². The first kappa shape index (κ1) is 18.3. The van der Waals surface area contributed by atoms with Crippen LogP contribution >= 0.6 is 11.3 Å². The highest BCUT2D eigenvalue weighted by Crippen LogP contribution is 2.36. The summed E-state index contributed by atoms with van der Waals surface area (Å²) in [6, 6.07) is 8.98. The van der Waals surface area contributed by atoms with Gasteiger partial charge in [-0.25, -0.2) is 0 Å². The summed E-state index contributed by atoms with van der Waals surface area (Å²) in [6.07, 6.45) is 3.66. The van der Waals surface area contributed by atoms with Gasteiger partial charge in [0.2, 0.25) is 0 Å². The molecule has 0 saturated heterocycles. The van der Waals surface area contributed by atoms with Crippen molar-refractivity contribution < 1.29 is 4.42 Å². The second-order valence-corrected chi connectivity index (χ2v) is 8.52. The van der Waals surface area contributed by atoms with E-state index in [1.165, 1.54) is 24.1 Å². The minimum Gasteiger partial charge on any atom is -0.466 e. The van der Waals surface area contributed by atoms with Crippen molar-refractivity contribution in [2.45, 2.75) is 84.5 Å². The van der Waals surface area contributed by atoms with Crippen LogP contribution in [0.2, 0.25) is 0 Å². The number of hydrogen-bond donors (Lipinski definition) is 0. The highest BCUT2D eigenvalue weighted by Gasteiger charge is 2.17. The predicted molar refractivity (Wildman–Crippen MR) is 102 cm³/mol. The van der Waals surface area contributed by atoms with E-state index in [1.54, 1.807) is 4.88 Å². The number of thiophene rings is 1. The van der Waals surface area contributed by atoms with Gasteiger partial charge in [0.1, 0.15) is 11.5 Å². The first-order valence-corrected chi connectivity index (χ1v) is 9.93. The first-order chi connectivity index (χ1) is 10.9. The Hall–Kier alpha value is -1.02. The van der Waals surface area contributed by atoms with E-state index in [9.17, 15) is 0 Å². The predicted octanol–water partition coefficient (Wildman–Crippen LogP) is 7.67. The molecule has 0 spiro atoms. The molecule has 23 heavy (non-hydrogen) atoms. The van der Waals surface area contributed by atoms with Crippen LogP contribution in [-0.2, 0) is 0 Å². The van der Waals surface area contributed by atoms with E-state index in [4.69, 9.17) is 4.42 Å². The van der Waals surface area contributed by atoms with E-state index >= 15 is 0 Å². The van der Waals surface area contributed by atoms with Gasteiger partial charge in [0.25, 0.3) is 0 Å². The quantitative estimate of drug-likeness (QED) is 0.483. The van der Waals surface area contributed by atoms with Crippen molar-refractivity contribution in [2.75, 3.05) is 0 Å². The van der Waals surface area contributed by atoms with E-state index < -0.39 is 0 Å². The standard InChI is InChI=1S/C21H32OS/c1-7-17(21-13-12-20(23-21)15(4)5)9-8-16(6)19-11-10-18(22-19)14(2)3/h10-17H,7-9H2,1-6H3. The van der Waals surface area contributed by atoms with Crippen LogP contribution in [0.25, 0.3) is 0 Å². The third-order valence-corrected chi connectivity index (χ3v) is 6.31. The Balaban J connectivity index is 1.95. The molecule has 2 aromatic heterocycles. The van der Waals surface area contributed by atoms with Gasteiger partial charge < -0.3 is 4.42 Å². The molecule has 2 rings (SSSR count). The normalized spacial score (nSPS) is 14.6. The van der Waals surface area contributed by atoms with Gasteiger partial charge in [0.15, 0.2) is 0 Å². The summed E-state index contributed by atoms with van der Waals surface area (Å²) in [6.45, 7) is 13.5. The third-order valence-electron chi connectivity index (χ3n) is 4.76. The fourth-order valence-electron chi connectivity index (χ4n) is 2.98. The third kappa shape index (κ3) is 4.73. The molecule has 2 heteroatoms. The minimum absolute atomic E-state index is 0.472. The summed E-state index contributed by atoms with van der Waals surface area (Å²) < 4.78 is 6.02. The Bertz CT molecular complexity index is 591. The van der Waals surface area contributed by atoms with Crippen molar-refractivity contribution in [1.29, 1.82) is 0 Å².